The molecule has 7 heteroatoms. The first kappa shape index (κ1) is 13.8. The van der Waals surface area contributed by atoms with Crippen LogP contribution in [-0.4, -0.2) is 22.4 Å². The largest absolute Gasteiger partial charge is 0.352 e. The van der Waals surface area contributed by atoms with Crippen LogP contribution in [0, 0.1) is 0 Å². The summed E-state index contributed by atoms with van der Waals surface area (Å²) in [6.45, 7) is 0.638. The average molecular weight is 393 g/mol. The lowest BCUT2D eigenvalue weighted by Crippen LogP contribution is -2.24. The second-order valence-electron chi connectivity index (χ2n) is 3.63. The number of carbonyl (C=O) groups excluding carboxylic acids is 1. The molecule has 0 aliphatic heterocycles. The van der Waals surface area contributed by atoms with E-state index >= 15 is 0 Å². The minimum absolute atomic E-state index is 0.0525. The van der Waals surface area contributed by atoms with E-state index in [-0.39, 0.29) is 5.91 Å². The summed E-state index contributed by atoms with van der Waals surface area (Å²) in [7, 11) is 0. The van der Waals surface area contributed by atoms with Crippen molar-refractivity contribution >= 4 is 49.1 Å². The number of imidazole rings is 1. The van der Waals surface area contributed by atoms with Crippen molar-refractivity contribution < 1.29 is 4.79 Å². The summed E-state index contributed by atoms with van der Waals surface area (Å²) >= 11 is 8.22. The normalized spacial score (nSPS) is 10.6. The smallest absolute Gasteiger partial charge is 0.253 e. The maximum atomic E-state index is 11.9. The zero-order valence-corrected chi connectivity index (χ0v) is 13.4. The van der Waals surface area contributed by atoms with Gasteiger partial charge in [-0.3, -0.25) is 4.79 Å². The van der Waals surface area contributed by atoms with Gasteiger partial charge in [-0.05, 0) is 44.3 Å². The highest BCUT2D eigenvalue weighted by molar-refractivity contribution is 9.12. The molecule has 1 amide bonds. The molecule has 96 valence electrons. The van der Waals surface area contributed by atoms with Gasteiger partial charge in [0, 0.05) is 25.4 Å². The number of nitrogens with zero attached hydrogens (tertiary/aromatic N) is 1. The highest BCUT2D eigenvalue weighted by Crippen LogP contribution is 2.31. The number of thiophene rings is 1. The summed E-state index contributed by atoms with van der Waals surface area (Å²) < 4.78 is 1.79. The van der Waals surface area contributed by atoms with Crippen LogP contribution in [-0.2, 0) is 6.42 Å². The summed E-state index contributed by atoms with van der Waals surface area (Å²) in [5.41, 5.74) is 0.671. The van der Waals surface area contributed by atoms with Gasteiger partial charge >= 0.3 is 0 Å². The monoisotopic (exact) mass is 391 g/mol. The van der Waals surface area contributed by atoms with Crippen LogP contribution in [0.2, 0.25) is 0 Å². The number of amides is 1. The molecule has 18 heavy (non-hydrogen) atoms. The van der Waals surface area contributed by atoms with Crippen molar-refractivity contribution in [3.63, 3.8) is 0 Å². The first-order valence-corrected chi connectivity index (χ1v) is 7.78. The van der Waals surface area contributed by atoms with E-state index in [4.69, 9.17) is 0 Å². The molecule has 0 radical (unpaired) electrons. The predicted octanol–water partition coefficient (Wildman–Crippen LogP) is 3.36. The van der Waals surface area contributed by atoms with Crippen molar-refractivity contribution in [3.8, 4) is 0 Å². The van der Waals surface area contributed by atoms with Crippen molar-refractivity contribution in [3.05, 3.63) is 37.4 Å². The van der Waals surface area contributed by atoms with Crippen LogP contribution < -0.4 is 5.32 Å². The highest BCUT2D eigenvalue weighted by atomic mass is 79.9. The topological polar surface area (TPSA) is 57.8 Å². The molecule has 0 saturated heterocycles. The first-order valence-electron chi connectivity index (χ1n) is 5.38. The summed E-state index contributed by atoms with van der Waals surface area (Å²) in [4.78, 5) is 19.0. The number of halogens is 2. The Kier molecular flexibility index (Phi) is 4.96. The number of H-pyrrole nitrogens is 1. The van der Waals surface area contributed by atoms with Gasteiger partial charge in [0.25, 0.3) is 5.91 Å². The van der Waals surface area contributed by atoms with E-state index in [2.05, 4.69) is 47.1 Å². The van der Waals surface area contributed by atoms with Crippen molar-refractivity contribution in [2.45, 2.75) is 12.8 Å². The van der Waals surface area contributed by atoms with Crippen LogP contribution in [0.25, 0.3) is 0 Å². The highest BCUT2D eigenvalue weighted by Gasteiger charge is 2.12. The molecule has 2 aromatic heterocycles. The molecule has 0 saturated carbocycles. The molecule has 0 aromatic carbocycles. The lowest BCUT2D eigenvalue weighted by molar-refractivity contribution is 0.0953. The molecule has 0 aliphatic carbocycles. The molecular formula is C11H11Br2N3OS. The Morgan fingerprint density at radius 2 is 2.33 bits per heavy atom. The van der Waals surface area contributed by atoms with E-state index in [1.165, 1.54) is 11.3 Å². The first-order chi connectivity index (χ1) is 8.66. The molecule has 4 nitrogen and oxygen atoms in total. The molecule has 2 N–H and O–H groups in total. The third-order valence-corrected chi connectivity index (χ3v) is 4.67. The zero-order chi connectivity index (χ0) is 13.0. The Labute approximate surface area is 125 Å². The van der Waals surface area contributed by atoms with Gasteiger partial charge in [0.1, 0.15) is 5.82 Å². The Morgan fingerprint density at radius 1 is 1.50 bits per heavy atom. The van der Waals surface area contributed by atoms with Gasteiger partial charge in [-0.1, -0.05) is 0 Å². The lowest BCUT2D eigenvalue weighted by Gasteiger charge is -2.03. The standard InChI is InChI=1S/C11H11Br2N3OS/c12-8-6-7(10(13)18-8)11(17)16-3-1-2-9-14-4-5-15-9/h4-6H,1-3H2,(H,14,15)(H,16,17). The minimum Gasteiger partial charge on any atom is -0.352 e. The van der Waals surface area contributed by atoms with Crippen molar-refractivity contribution in [2.24, 2.45) is 0 Å². The van der Waals surface area contributed by atoms with E-state index in [0.717, 1.165) is 26.2 Å². The predicted molar refractivity (Wildman–Crippen MR) is 79.0 cm³/mol. The number of aromatic nitrogens is 2. The maximum absolute atomic E-state index is 11.9. The number of aromatic amines is 1. The van der Waals surface area contributed by atoms with Crippen LogP contribution in [0.4, 0.5) is 0 Å². The maximum Gasteiger partial charge on any atom is 0.253 e. The summed E-state index contributed by atoms with van der Waals surface area (Å²) in [6.07, 6.45) is 5.23. The van der Waals surface area contributed by atoms with Gasteiger partial charge in [0.15, 0.2) is 0 Å². The van der Waals surface area contributed by atoms with E-state index in [1.54, 1.807) is 12.4 Å². The molecule has 0 bridgehead atoms. The molecule has 0 fully saturated rings. The zero-order valence-electron chi connectivity index (χ0n) is 9.37. The number of aryl methyl sites for hydroxylation is 1. The molecule has 2 rings (SSSR count). The third kappa shape index (κ3) is 3.66. The summed E-state index contributed by atoms with van der Waals surface area (Å²) in [5, 5.41) is 2.89. The van der Waals surface area contributed by atoms with Crippen LogP contribution in [0.1, 0.15) is 22.6 Å². The fourth-order valence-corrected chi connectivity index (χ4v) is 4.28. The second kappa shape index (κ2) is 6.49. The fourth-order valence-electron chi connectivity index (χ4n) is 1.48. The van der Waals surface area contributed by atoms with E-state index < -0.39 is 0 Å². The summed E-state index contributed by atoms with van der Waals surface area (Å²) in [5.74, 6) is 0.895. The van der Waals surface area contributed by atoms with Gasteiger partial charge in [0.05, 0.1) is 13.1 Å². The molecular weight excluding hydrogens is 382 g/mol. The number of carbonyl (C=O) groups is 1. The van der Waals surface area contributed by atoms with E-state index in [1.807, 2.05) is 6.07 Å². The number of hydrogen-bond acceptors (Lipinski definition) is 3. The van der Waals surface area contributed by atoms with Gasteiger partial charge in [-0.15, -0.1) is 11.3 Å². The average Bonchev–Trinajstić information content (AvgIpc) is 2.94. The number of rotatable bonds is 5. The van der Waals surface area contributed by atoms with Gasteiger partial charge < -0.3 is 10.3 Å². The lowest BCUT2D eigenvalue weighted by atomic mass is 10.3. The molecule has 0 atom stereocenters. The molecule has 2 aromatic rings. The van der Waals surface area contributed by atoms with Crippen LogP contribution in [0.5, 0.6) is 0 Å². The minimum atomic E-state index is -0.0525. The molecule has 0 spiro atoms. The molecule has 2 heterocycles. The van der Waals surface area contributed by atoms with Gasteiger partial charge in [0.2, 0.25) is 0 Å². The van der Waals surface area contributed by atoms with Crippen molar-refractivity contribution in [1.29, 1.82) is 0 Å². The number of nitrogens with one attached hydrogen (secondary N) is 2. The van der Waals surface area contributed by atoms with Crippen molar-refractivity contribution in [1.82, 2.24) is 15.3 Å². The summed E-state index contributed by atoms with van der Waals surface area (Å²) in [6, 6.07) is 1.82. The van der Waals surface area contributed by atoms with Gasteiger partial charge in [-0.2, -0.15) is 0 Å². The SMILES string of the molecule is O=C(NCCCc1ncc[nH]1)c1cc(Br)sc1Br. The second-order valence-corrected chi connectivity index (χ2v) is 7.38. The fraction of sp³-hybridized carbons (Fsp3) is 0.273. The third-order valence-electron chi connectivity index (χ3n) is 2.33. The van der Waals surface area contributed by atoms with Gasteiger partial charge in [-0.25, -0.2) is 4.98 Å². The van der Waals surface area contributed by atoms with Crippen LogP contribution >= 0.6 is 43.2 Å². The Morgan fingerprint density at radius 3 is 2.94 bits per heavy atom. The van der Waals surface area contributed by atoms with E-state index in [9.17, 15) is 4.79 Å². The molecule has 0 unspecified atom stereocenters. The quantitative estimate of drug-likeness (QED) is 0.766. The Bertz CT molecular complexity index is 524. The van der Waals surface area contributed by atoms with Crippen LogP contribution in [0.15, 0.2) is 26.0 Å². The molecule has 0 aliphatic rings. The Balaban J connectivity index is 1.77. The van der Waals surface area contributed by atoms with Crippen molar-refractivity contribution in [2.75, 3.05) is 6.54 Å². The number of hydrogen-bond donors (Lipinski definition) is 2. The van der Waals surface area contributed by atoms with E-state index in [0.29, 0.717) is 12.1 Å². The van der Waals surface area contributed by atoms with Crippen LogP contribution in [0.3, 0.4) is 0 Å². The Hall–Kier alpha value is -0.660.